The summed E-state index contributed by atoms with van der Waals surface area (Å²) >= 11 is 1.41. The Balaban J connectivity index is 1.51. The van der Waals surface area contributed by atoms with Crippen LogP contribution in [0.1, 0.15) is 26.3 Å². The van der Waals surface area contributed by atoms with Gasteiger partial charge in [0.2, 0.25) is 11.8 Å². The zero-order valence-corrected chi connectivity index (χ0v) is 19.5. The number of carbonyl (C=O) groups excluding carboxylic acids is 2. The zero-order valence-electron chi connectivity index (χ0n) is 18.7. The van der Waals surface area contributed by atoms with Gasteiger partial charge in [0.15, 0.2) is 5.16 Å². The number of benzene rings is 1. The van der Waals surface area contributed by atoms with Gasteiger partial charge in [-0.15, -0.1) is 10.2 Å². The highest BCUT2D eigenvalue weighted by Crippen LogP contribution is 2.23. The summed E-state index contributed by atoms with van der Waals surface area (Å²) in [7, 11) is 0. The number of thioether (sulfide) groups is 1. The van der Waals surface area contributed by atoms with Crippen LogP contribution in [0.4, 0.5) is 0 Å². The summed E-state index contributed by atoms with van der Waals surface area (Å²) < 4.78 is 1.95. The minimum atomic E-state index is 0.0954. The first-order chi connectivity index (χ1) is 15.1. The van der Waals surface area contributed by atoms with Crippen LogP contribution < -0.4 is 0 Å². The molecule has 0 atom stereocenters. The number of para-hydroxylation sites is 1. The van der Waals surface area contributed by atoms with Crippen molar-refractivity contribution >= 4 is 23.6 Å². The third-order valence-electron chi connectivity index (χ3n) is 5.67. The lowest BCUT2D eigenvalue weighted by atomic mass is 10.1. The van der Waals surface area contributed by atoms with E-state index in [1.807, 2.05) is 46.4 Å². The Labute approximate surface area is 188 Å². The Morgan fingerprint density at radius 3 is 2.45 bits per heavy atom. The van der Waals surface area contributed by atoms with Gasteiger partial charge in [-0.3, -0.25) is 19.1 Å². The van der Waals surface area contributed by atoms with E-state index in [0.29, 0.717) is 25.4 Å². The Morgan fingerprint density at radius 2 is 1.77 bits per heavy atom. The molecule has 1 fully saturated rings. The molecule has 1 aliphatic rings. The van der Waals surface area contributed by atoms with Gasteiger partial charge in [-0.2, -0.15) is 0 Å². The summed E-state index contributed by atoms with van der Waals surface area (Å²) in [5.74, 6) is 0.579. The maximum absolute atomic E-state index is 12.7. The van der Waals surface area contributed by atoms with Gasteiger partial charge in [-0.25, -0.2) is 0 Å². The molecule has 168 valence electrons. The topological polar surface area (TPSA) is 74.6 Å². The van der Waals surface area contributed by atoms with Crippen molar-refractivity contribution < 1.29 is 9.59 Å². The van der Waals surface area contributed by atoms with Crippen LogP contribution in [0.3, 0.4) is 0 Å². The van der Waals surface area contributed by atoms with E-state index < -0.39 is 0 Å². The van der Waals surface area contributed by atoms with Crippen LogP contribution >= 0.6 is 11.8 Å². The zero-order chi connectivity index (χ0) is 22.2. The van der Waals surface area contributed by atoms with Crippen molar-refractivity contribution in [2.45, 2.75) is 32.3 Å². The molecule has 0 spiro atoms. The van der Waals surface area contributed by atoms with Crippen molar-refractivity contribution in [1.29, 1.82) is 0 Å². The molecule has 0 radical (unpaired) electrons. The lowest BCUT2D eigenvalue weighted by molar-refractivity contribution is -0.133. The average molecular weight is 445 g/mol. The fourth-order valence-corrected chi connectivity index (χ4v) is 4.60. The first-order valence-electron chi connectivity index (χ1n) is 11.0. The van der Waals surface area contributed by atoms with E-state index in [1.54, 1.807) is 6.33 Å². The number of carbonyl (C=O) groups is 2. The highest BCUT2D eigenvalue weighted by molar-refractivity contribution is 7.99. The number of hydrogen-bond donors (Lipinski definition) is 0. The van der Waals surface area contributed by atoms with Crippen molar-refractivity contribution in [2.75, 3.05) is 51.6 Å². The highest BCUT2D eigenvalue weighted by Gasteiger charge is 2.24. The normalized spacial score (nSPS) is 14.6. The van der Waals surface area contributed by atoms with Gasteiger partial charge in [-0.1, -0.05) is 36.9 Å². The summed E-state index contributed by atoms with van der Waals surface area (Å²) in [6, 6.07) is 8.17. The van der Waals surface area contributed by atoms with E-state index >= 15 is 0 Å². The second-order valence-corrected chi connectivity index (χ2v) is 8.42. The lowest BCUT2D eigenvalue weighted by Gasteiger charge is -2.35. The van der Waals surface area contributed by atoms with E-state index in [-0.39, 0.29) is 11.8 Å². The largest absolute Gasteiger partial charge is 0.342 e. The van der Waals surface area contributed by atoms with Crippen molar-refractivity contribution in [3.05, 3.63) is 36.2 Å². The summed E-state index contributed by atoms with van der Waals surface area (Å²) in [5.41, 5.74) is 2.27. The number of rotatable bonds is 9. The Kier molecular flexibility index (Phi) is 8.48. The van der Waals surface area contributed by atoms with Crippen molar-refractivity contribution in [2.24, 2.45) is 0 Å². The Morgan fingerprint density at radius 1 is 1.06 bits per heavy atom. The summed E-state index contributed by atoms with van der Waals surface area (Å²) in [5, 5.41) is 8.99. The first-order valence-corrected chi connectivity index (χ1v) is 11.9. The molecule has 3 rings (SSSR count). The summed E-state index contributed by atoms with van der Waals surface area (Å²) in [6.45, 7) is 10.8. The molecular weight excluding hydrogens is 412 g/mol. The van der Waals surface area contributed by atoms with Gasteiger partial charge in [0, 0.05) is 39.3 Å². The molecule has 1 aromatic heterocycles. The summed E-state index contributed by atoms with van der Waals surface area (Å²) in [6.07, 6.45) is 2.62. The van der Waals surface area contributed by atoms with E-state index in [4.69, 9.17) is 0 Å². The second kappa shape index (κ2) is 11.3. The maximum atomic E-state index is 12.7. The van der Waals surface area contributed by atoms with Crippen LogP contribution in [0.15, 0.2) is 35.7 Å². The molecule has 2 amide bonds. The second-order valence-electron chi connectivity index (χ2n) is 7.48. The molecule has 1 aliphatic heterocycles. The number of nitrogens with zero attached hydrogens (tertiary/aromatic N) is 6. The van der Waals surface area contributed by atoms with Gasteiger partial charge < -0.3 is 9.80 Å². The third kappa shape index (κ3) is 5.86. The van der Waals surface area contributed by atoms with Gasteiger partial charge in [0.05, 0.1) is 18.0 Å². The minimum Gasteiger partial charge on any atom is -0.342 e. The van der Waals surface area contributed by atoms with Crippen molar-refractivity contribution in [3.63, 3.8) is 0 Å². The van der Waals surface area contributed by atoms with Crippen molar-refractivity contribution in [3.8, 4) is 5.69 Å². The van der Waals surface area contributed by atoms with Gasteiger partial charge in [0.1, 0.15) is 6.33 Å². The molecular formula is C22H32N6O2S. The van der Waals surface area contributed by atoms with E-state index in [9.17, 15) is 9.59 Å². The molecule has 0 unspecified atom stereocenters. The van der Waals surface area contributed by atoms with Crippen LogP contribution in [-0.4, -0.2) is 92.8 Å². The van der Waals surface area contributed by atoms with Crippen LogP contribution in [0.25, 0.3) is 5.69 Å². The van der Waals surface area contributed by atoms with Gasteiger partial charge >= 0.3 is 0 Å². The fourth-order valence-electron chi connectivity index (χ4n) is 3.77. The molecule has 1 saturated heterocycles. The van der Waals surface area contributed by atoms with Crippen molar-refractivity contribution in [1.82, 2.24) is 29.5 Å². The SMILES string of the molecule is CCc1ccccc1-n1cnnc1SCC(=O)N1CCN(CC(=O)N(CC)CC)CC1. The van der Waals surface area contributed by atoms with E-state index in [1.165, 1.54) is 17.3 Å². The van der Waals surface area contributed by atoms with E-state index in [2.05, 4.69) is 28.1 Å². The number of likely N-dealkylation sites (N-methyl/N-ethyl adjacent to an activating group) is 1. The molecule has 8 nitrogen and oxygen atoms in total. The number of hydrogen-bond acceptors (Lipinski definition) is 6. The quantitative estimate of drug-likeness (QED) is 0.550. The maximum Gasteiger partial charge on any atom is 0.236 e. The molecule has 0 aliphatic carbocycles. The van der Waals surface area contributed by atoms with Gasteiger partial charge in [0.25, 0.3) is 0 Å². The molecule has 1 aromatic carbocycles. The molecule has 2 aromatic rings. The lowest BCUT2D eigenvalue weighted by Crippen LogP contribution is -2.52. The number of piperazine rings is 1. The van der Waals surface area contributed by atoms with Crippen LogP contribution in [-0.2, 0) is 16.0 Å². The van der Waals surface area contributed by atoms with Gasteiger partial charge in [-0.05, 0) is 31.9 Å². The molecule has 0 bridgehead atoms. The van der Waals surface area contributed by atoms with E-state index in [0.717, 1.165) is 43.4 Å². The highest BCUT2D eigenvalue weighted by atomic mass is 32.2. The first kappa shape index (κ1) is 23.3. The fraction of sp³-hybridized carbons (Fsp3) is 0.545. The molecule has 0 N–H and O–H groups in total. The average Bonchev–Trinajstić information content (AvgIpc) is 3.27. The Hall–Kier alpha value is -2.39. The molecule has 0 saturated carbocycles. The molecule has 31 heavy (non-hydrogen) atoms. The molecule has 9 heteroatoms. The van der Waals surface area contributed by atoms with Crippen LogP contribution in [0.2, 0.25) is 0 Å². The van der Waals surface area contributed by atoms with Crippen LogP contribution in [0, 0.1) is 0 Å². The number of aryl methyl sites for hydroxylation is 1. The predicted molar refractivity (Wildman–Crippen MR) is 122 cm³/mol. The standard InChI is InChI=1S/C22H32N6O2S/c1-4-18-9-7-8-10-19(18)28-17-23-24-22(28)31-16-21(30)27-13-11-25(12-14-27)15-20(29)26(5-2)6-3/h7-10,17H,4-6,11-16H2,1-3H3. The minimum absolute atomic E-state index is 0.0954. The van der Waals surface area contributed by atoms with Crippen LogP contribution in [0.5, 0.6) is 0 Å². The monoisotopic (exact) mass is 444 g/mol. The number of amides is 2. The third-order valence-corrected chi connectivity index (χ3v) is 6.60. The number of aromatic nitrogens is 3. The predicted octanol–water partition coefficient (Wildman–Crippen LogP) is 1.93. The summed E-state index contributed by atoms with van der Waals surface area (Å²) in [4.78, 5) is 30.9. The smallest absolute Gasteiger partial charge is 0.236 e. The molecule has 2 heterocycles. The Bertz CT molecular complexity index is 874.